The van der Waals surface area contributed by atoms with Gasteiger partial charge >= 0.3 is 0 Å². The molecule has 1 saturated heterocycles. The summed E-state index contributed by atoms with van der Waals surface area (Å²) in [5.41, 5.74) is 0.671. The Morgan fingerprint density at radius 3 is 2.71 bits per heavy atom. The molecule has 2 aliphatic rings. The molecule has 0 radical (unpaired) electrons. The second-order valence-corrected chi connectivity index (χ2v) is 5.60. The van der Waals surface area contributed by atoms with E-state index in [2.05, 4.69) is 5.32 Å². The Labute approximate surface area is 121 Å². The fraction of sp³-hybridized carbons (Fsp3) is 0.500. The number of carbonyl (C=O) groups excluding carboxylic acids is 1. The number of benzene rings is 1. The topological polar surface area (TPSA) is 95.7 Å². The Bertz CT molecular complexity index is 586. The number of hydrogen-bond donors (Lipinski definition) is 2. The van der Waals surface area contributed by atoms with Gasteiger partial charge in [0.15, 0.2) is 0 Å². The minimum Gasteiger partial charge on any atom is -0.391 e. The zero-order valence-electron chi connectivity index (χ0n) is 11.5. The Morgan fingerprint density at radius 1 is 1.38 bits per heavy atom. The third-order valence-electron chi connectivity index (χ3n) is 3.83. The van der Waals surface area contributed by atoms with Gasteiger partial charge in [0.25, 0.3) is 11.6 Å². The number of anilines is 1. The van der Waals surface area contributed by atoms with Gasteiger partial charge in [0.05, 0.1) is 11.0 Å². The summed E-state index contributed by atoms with van der Waals surface area (Å²) in [4.78, 5) is 24.5. The van der Waals surface area contributed by atoms with Gasteiger partial charge in [0, 0.05) is 30.8 Å². The standard InChI is InChI=1S/C14H17N3O4/c18-11-5-6-16(8-11)14(19)9-1-4-12(15-10-2-3-10)13(7-9)17(20)21/h1,4,7,10-11,15,18H,2-3,5-6,8H2/t11-/m0/s1. The first-order valence-corrected chi connectivity index (χ1v) is 7.07. The minimum atomic E-state index is -0.500. The first-order valence-electron chi connectivity index (χ1n) is 7.07. The van der Waals surface area contributed by atoms with Crippen LogP contribution in [0.15, 0.2) is 18.2 Å². The molecule has 1 atom stereocenters. The Morgan fingerprint density at radius 2 is 2.14 bits per heavy atom. The fourth-order valence-corrected chi connectivity index (χ4v) is 2.49. The van der Waals surface area contributed by atoms with Crippen LogP contribution < -0.4 is 5.32 Å². The van der Waals surface area contributed by atoms with E-state index in [9.17, 15) is 20.0 Å². The average molecular weight is 291 g/mol. The van der Waals surface area contributed by atoms with Crippen LogP contribution in [0.4, 0.5) is 11.4 Å². The highest BCUT2D eigenvalue weighted by Crippen LogP contribution is 2.32. The molecule has 1 aromatic rings. The largest absolute Gasteiger partial charge is 0.391 e. The van der Waals surface area contributed by atoms with E-state index in [1.807, 2.05) is 0 Å². The van der Waals surface area contributed by atoms with Crippen LogP contribution in [0.3, 0.4) is 0 Å². The number of aliphatic hydroxyl groups excluding tert-OH is 1. The van der Waals surface area contributed by atoms with Gasteiger partial charge in [-0.25, -0.2) is 0 Å². The second-order valence-electron chi connectivity index (χ2n) is 5.60. The van der Waals surface area contributed by atoms with Gasteiger partial charge in [0.1, 0.15) is 5.69 Å². The lowest BCUT2D eigenvalue weighted by Crippen LogP contribution is -2.29. The monoisotopic (exact) mass is 291 g/mol. The van der Waals surface area contributed by atoms with Crippen molar-refractivity contribution < 1.29 is 14.8 Å². The molecule has 2 N–H and O–H groups in total. The van der Waals surface area contributed by atoms with Crippen LogP contribution in [-0.2, 0) is 0 Å². The molecule has 1 amide bonds. The zero-order chi connectivity index (χ0) is 15.0. The quantitative estimate of drug-likeness (QED) is 0.645. The van der Waals surface area contributed by atoms with Crippen LogP contribution >= 0.6 is 0 Å². The van der Waals surface area contributed by atoms with E-state index < -0.39 is 11.0 Å². The summed E-state index contributed by atoms with van der Waals surface area (Å²) >= 11 is 0. The summed E-state index contributed by atoms with van der Waals surface area (Å²) in [6, 6.07) is 4.82. The minimum absolute atomic E-state index is 0.0764. The second kappa shape index (κ2) is 5.33. The first-order chi connectivity index (χ1) is 10.0. The molecule has 7 nitrogen and oxygen atoms in total. The molecule has 1 saturated carbocycles. The number of nitro benzene ring substituents is 1. The highest BCUT2D eigenvalue weighted by molar-refractivity contribution is 5.96. The summed E-state index contributed by atoms with van der Waals surface area (Å²) in [5, 5.41) is 23.8. The number of amides is 1. The van der Waals surface area contributed by atoms with Crippen molar-refractivity contribution in [3.63, 3.8) is 0 Å². The summed E-state index contributed by atoms with van der Waals surface area (Å²) in [5.74, 6) is -0.271. The Balaban J connectivity index is 1.83. The maximum atomic E-state index is 12.3. The van der Waals surface area contributed by atoms with Gasteiger partial charge in [0.2, 0.25) is 0 Å². The smallest absolute Gasteiger partial charge is 0.293 e. The van der Waals surface area contributed by atoms with Crippen molar-refractivity contribution in [1.29, 1.82) is 0 Å². The van der Waals surface area contributed by atoms with Gasteiger partial charge in [-0.2, -0.15) is 0 Å². The first kappa shape index (κ1) is 13.8. The lowest BCUT2D eigenvalue weighted by atomic mass is 10.1. The van der Waals surface area contributed by atoms with Gasteiger partial charge in [-0.1, -0.05) is 0 Å². The van der Waals surface area contributed by atoms with E-state index >= 15 is 0 Å². The third-order valence-corrected chi connectivity index (χ3v) is 3.83. The average Bonchev–Trinajstić information content (AvgIpc) is 3.17. The number of likely N-dealkylation sites (tertiary alicyclic amines) is 1. The Kier molecular flexibility index (Phi) is 3.50. The molecule has 2 fully saturated rings. The van der Waals surface area contributed by atoms with Crippen LogP contribution in [0.5, 0.6) is 0 Å². The predicted octanol–water partition coefficient (Wildman–Crippen LogP) is 1.38. The van der Waals surface area contributed by atoms with E-state index in [0.29, 0.717) is 24.7 Å². The van der Waals surface area contributed by atoms with Gasteiger partial charge in [-0.3, -0.25) is 14.9 Å². The molecule has 1 aliphatic heterocycles. The third kappa shape index (κ3) is 2.97. The number of β-amino-alcohol motifs (C(OH)–C–C–N with tert-alkyl or cyclic N) is 1. The summed E-state index contributed by atoms with van der Waals surface area (Å²) in [6.07, 6.45) is 2.09. The number of aliphatic hydroxyl groups is 1. The SMILES string of the molecule is O=C(c1ccc(NC2CC2)c([N+](=O)[O-])c1)N1CC[C@H](O)C1. The van der Waals surface area contributed by atoms with E-state index in [0.717, 1.165) is 12.8 Å². The van der Waals surface area contributed by atoms with Crippen LogP contribution in [0, 0.1) is 10.1 Å². The molecule has 21 heavy (non-hydrogen) atoms. The Hall–Kier alpha value is -2.15. The van der Waals surface area contributed by atoms with Crippen molar-refractivity contribution in [1.82, 2.24) is 4.90 Å². The molecule has 0 unspecified atom stereocenters. The lowest BCUT2D eigenvalue weighted by Gasteiger charge is -2.16. The summed E-state index contributed by atoms with van der Waals surface area (Å²) < 4.78 is 0. The molecule has 112 valence electrons. The van der Waals surface area contributed by atoms with Crippen molar-refractivity contribution in [2.45, 2.75) is 31.4 Å². The fourth-order valence-electron chi connectivity index (χ4n) is 2.49. The molecular formula is C14H17N3O4. The van der Waals surface area contributed by atoms with Crippen LogP contribution in [0.2, 0.25) is 0 Å². The number of nitrogens with one attached hydrogen (secondary N) is 1. The normalized spacial score (nSPS) is 21.4. The van der Waals surface area contributed by atoms with E-state index in [-0.39, 0.29) is 23.7 Å². The maximum Gasteiger partial charge on any atom is 0.293 e. The lowest BCUT2D eigenvalue weighted by molar-refractivity contribution is -0.384. The summed E-state index contributed by atoms with van der Waals surface area (Å²) in [6.45, 7) is 0.768. The van der Waals surface area contributed by atoms with Crippen LogP contribution in [0.1, 0.15) is 29.6 Å². The van der Waals surface area contributed by atoms with Crippen molar-refractivity contribution >= 4 is 17.3 Å². The molecule has 1 heterocycles. The number of nitro groups is 1. The molecule has 0 aromatic heterocycles. The summed E-state index contributed by atoms with van der Waals surface area (Å²) in [7, 11) is 0. The maximum absolute atomic E-state index is 12.3. The molecule has 1 aliphatic carbocycles. The van der Waals surface area contributed by atoms with Crippen molar-refractivity contribution in [3.05, 3.63) is 33.9 Å². The predicted molar refractivity (Wildman–Crippen MR) is 76.3 cm³/mol. The molecule has 0 spiro atoms. The highest BCUT2D eigenvalue weighted by atomic mass is 16.6. The molecular weight excluding hydrogens is 274 g/mol. The number of nitrogens with zero attached hydrogens (tertiary/aromatic N) is 2. The van der Waals surface area contributed by atoms with E-state index in [4.69, 9.17) is 0 Å². The number of rotatable bonds is 4. The van der Waals surface area contributed by atoms with Crippen molar-refractivity contribution in [2.75, 3.05) is 18.4 Å². The molecule has 3 rings (SSSR count). The van der Waals surface area contributed by atoms with Crippen molar-refractivity contribution in [3.8, 4) is 0 Å². The zero-order valence-corrected chi connectivity index (χ0v) is 11.5. The highest BCUT2D eigenvalue weighted by Gasteiger charge is 2.28. The molecule has 0 bridgehead atoms. The molecule has 7 heteroatoms. The van der Waals surface area contributed by atoms with Gasteiger partial charge < -0.3 is 15.3 Å². The molecule has 1 aromatic carbocycles. The van der Waals surface area contributed by atoms with E-state index in [1.165, 1.54) is 11.0 Å². The van der Waals surface area contributed by atoms with Crippen LogP contribution in [0.25, 0.3) is 0 Å². The number of carbonyl (C=O) groups is 1. The number of hydrogen-bond acceptors (Lipinski definition) is 5. The van der Waals surface area contributed by atoms with Crippen molar-refractivity contribution in [2.24, 2.45) is 0 Å². The van der Waals surface area contributed by atoms with Gasteiger partial charge in [-0.05, 0) is 31.4 Å². The van der Waals surface area contributed by atoms with Gasteiger partial charge in [-0.15, -0.1) is 0 Å². The van der Waals surface area contributed by atoms with Crippen LogP contribution in [-0.4, -0.2) is 46.1 Å². The van der Waals surface area contributed by atoms with E-state index in [1.54, 1.807) is 12.1 Å².